The van der Waals surface area contributed by atoms with Crippen LogP contribution in [0.4, 0.5) is 79.0 Å². The van der Waals surface area contributed by atoms with E-state index in [1.165, 1.54) is 13.8 Å². The Morgan fingerprint density at radius 3 is 1.00 bits per heavy atom. The van der Waals surface area contributed by atoms with Crippen molar-refractivity contribution in [1.29, 1.82) is 0 Å². The fraction of sp³-hybridized carbons (Fsp3) is 1.00. The Morgan fingerprint density at radius 2 is 0.769 bits per heavy atom. The molecule has 19 heteroatoms. The zero-order valence-electron chi connectivity index (χ0n) is 20.6. The van der Waals surface area contributed by atoms with Crippen LogP contribution in [0.25, 0.3) is 0 Å². The van der Waals surface area contributed by atoms with Gasteiger partial charge in [0.2, 0.25) is 0 Å². The quantitative estimate of drug-likeness (QED) is 0.131. The highest BCUT2D eigenvalue weighted by molar-refractivity contribution is 7.57. The number of rotatable bonds is 14. The molecule has 0 heterocycles. The van der Waals surface area contributed by atoms with Crippen LogP contribution in [0.3, 0.4) is 0 Å². The third-order valence-corrected chi connectivity index (χ3v) is 8.53. The lowest BCUT2D eigenvalue weighted by Crippen LogP contribution is -2.61. The van der Waals surface area contributed by atoms with Crippen LogP contribution in [0, 0.1) is 11.3 Å². The number of alkyl halides is 18. The van der Waals surface area contributed by atoms with Gasteiger partial charge in [0.1, 0.15) is 0 Å². The summed E-state index contributed by atoms with van der Waals surface area (Å²) in [7, 11) is -2.71. The van der Waals surface area contributed by atoms with E-state index in [1.807, 2.05) is 0 Å². The zero-order chi connectivity index (χ0) is 31.9. The summed E-state index contributed by atoms with van der Waals surface area (Å²) < 4.78 is 236. The van der Waals surface area contributed by atoms with E-state index < -0.39 is 92.6 Å². The molecule has 0 N–H and O–H groups in total. The van der Waals surface area contributed by atoms with Gasteiger partial charge in [0.25, 0.3) is 0 Å². The maximum absolute atomic E-state index is 14.0. The summed E-state index contributed by atoms with van der Waals surface area (Å²) in [4.78, 5) is 0. The van der Waals surface area contributed by atoms with E-state index in [4.69, 9.17) is 0 Å². The van der Waals surface area contributed by atoms with Gasteiger partial charge in [-0.05, 0) is 36.2 Å². The SMILES string of the molecule is CC(C)CC(C)(C)CP(CCC(F)(F)C(F)(F)C(F)(F)C(F)(F)F)CCC(F)(F)C(F)(F)C(F)(F)C(F)(F)F. The average molecular weight is 638 g/mol. The van der Waals surface area contributed by atoms with E-state index >= 15 is 0 Å². The first-order valence-corrected chi connectivity index (χ1v) is 12.7. The van der Waals surface area contributed by atoms with Crippen LogP contribution in [0.1, 0.15) is 47.0 Å². The molecule has 39 heavy (non-hydrogen) atoms. The second-order valence-electron chi connectivity index (χ2n) is 10.2. The smallest absolute Gasteiger partial charge is 0.200 e. The van der Waals surface area contributed by atoms with Gasteiger partial charge in [0.05, 0.1) is 0 Å². The van der Waals surface area contributed by atoms with E-state index in [-0.39, 0.29) is 12.3 Å². The summed E-state index contributed by atoms with van der Waals surface area (Å²) in [6, 6.07) is 0. The average Bonchev–Trinajstić information content (AvgIpc) is 2.66. The Kier molecular flexibility index (Phi) is 11.2. The third-order valence-electron chi connectivity index (χ3n) is 5.52. The van der Waals surface area contributed by atoms with Crippen molar-refractivity contribution in [3.8, 4) is 0 Å². The van der Waals surface area contributed by atoms with Gasteiger partial charge in [-0.25, -0.2) is 0 Å². The maximum Gasteiger partial charge on any atom is 0.460 e. The standard InChI is InChI=1S/C20H25F18P/c1-11(2)9-12(3,4)10-39(7-5-13(21,22)15(25,26)17(29,30)19(33,34)35)8-6-14(23,24)16(27,28)18(31,32)20(36,37)38/h11H,5-10H2,1-4H3. The van der Waals surface area contributed by atoms with Gasteiger partial charge in [-0.15, -0.1) is 7.92 Å². The predicted octanol–water partition coefficient (Wildman–Crippen LogP) is 10.3. The molecule has 0 bridgehead atoms. The number of hydrogen-bond donors (Lipinski definition) is 0. The Bertz CT molecular complexity index is 739. The molecule has 0 nitrogen and oxygen atoms in total. The lowest BCUT2D eigenvalue weighted by molar-refractivity contribution is -0.396. The molecule has 0 spiro atoms. The fourth-order valence-electron chi connectivity index (χ4n) is 3.77. The molecule has 0 atom stereocenters. The summed E-state index contributed by atoms with van der Waals surface area (Å²) in [6.45, 7) is 5.87. The molecule has 0 aromatic carbocycles. The lowest BCUT2D eigenvalue weighted by Gasteiger charge is -2.37. The van der Waals surface area contributed by atoms with Crippen molar-refractivity contribution in [3.63, 3.8) is 0 Å². The Balaban J connectivity index is 6.15. The maximum atomic E-state index is 14.0. The minimum Gasteiger partial charge on any atom is -0.200 e. The van der Waals surface area contributed by atoms with E-state index in [0.717, 1.165) is 0 Å². The van der Waals surface area contributed by atoms with Crippen molar-refractivity contribution >= 4 is 7.92 Å². The normalized spacial score (nSPS) is 16.0. The molecule has 0 amide bonds. The van der Waals surface area contributed by atoms with Crippen LogP contribution in [-0.4, -0.2) is 66.4 Å². The molecule has 0 aromatic rings. The topological polar surface area (TPSA) is 0 Å². The van der Waals surface area contributed by atoms with Crippen molar-refractivity contribution in [3.05, 3.63) is 0 Å². The molecule has 0 aliphatic heterocycles. The monoisotopic (exact) mass is 638 g/mol. The molecular weight excluding hydrogens is 613 g/mol. The largest absolute Gasteiger partial charge is 0.460 e. The molecule has 0 rings (SSSR count). The van der Waals surface area contributed by atoms with E-state index in [2.05, 4.69) is 0 Å². The molecule has 0 aliphatic carbocycles. The van der Waals surface area contributed by atoms with Gasteiger partial charge in [0.15, 0.2) is 0 Å². The van der Waals surface area contributed by atoms with E-state index in [0.29, 0.717) is 0 Å². The van der Waals surface area contributed by atoms with E-state index in [1.54, 1.807) is 13.8 Å². The summed E-state index contributed by atoms with van der Waals surface area (Å²) in [6.07, 6.45) is -22.7. The van der Waals surface area contributed by atoms with Gasteiger partial charge in [0, 0.05) is 12.8 Å². The van der Waals surface area contributed by atoms with Gasteiger partial charge < -0.3 is 0 Å². The van der Waals surface area contributed by atoms with Gasteiger partial charge >= 0.3 is 47.9 Å². The molecule has 0 radical (unpaired) electrons. The predicted molar refractivity (Wildman–Crippen MR) is 106 cm³/mol. The van der Waals surface area contributed by atoms with Crippen LogP contribution < -0.4 is 0 Å². The zero-order valence-corrected chi connectivity index (χ0v) is 21.5. The van der Waals surface area contributed by atoms with Crippen LogP contribution >= 0.6 is 7.92 Å². The van der Waals surface area contributed by atoms with Gasteiger partial charge in [-0.3, -0.25) is 0 Å². The molecular formula is C20H25F18P. The number of hydrogen-bond acceptors (Lipinski definition) is 0. The van der Waals surface area contributed by atoms with Crippen LogP contribution in [0.15, 0.2) is 0 Å². The van der Waals surface area contributed by atoms with Crippen LogP contribution in [-0.2, 0) is 0 Å². The van der Waals surface area contributed by atoms with Crippen molar-refractivity contribution in [2.75, 3.05) is 18.5 Å². The molecule has 0 aliphatic rings. The minimum absolute atomic E-state index is 0.128. The first-order valence-electron chi connectivity index (χ1n) is 10.8. The second-order valence-corrected chi connectivity index (χ2v) is 12.8. The highest BCUT2D eigenvalue weighted by Gasteiger charge is 2.82. The lowest BCUT2D eigenvalue weighted by atomic mass is 9.86. The number of halogens is 18. The first-order chi connectivity index (χ1) is 16.7. The molecule has 0 saturated heterocycles. The summed E-state index contributed by atoms with van der Waals surface area (Å²) in [5.74, 6) is -41.0. The van der Waals surface area contributed by atoms with Crippen molar-refractivity contribution in [2.45, 2.75) is 94.8 Å². The Hall–Kier alpha value is -0.830. The molecule has 236 valence electrons. The second kappa shape index (κ2) is 11.4. The highest BCUT2D eigenvalue weighted by atomic mass is 31.1. The van der Waals surface area contributed by atoms with Gasteiger partial charge in [-0.1, -0.05) is 27.7 Å². The van der Waals surface area contributed by atoms with Crippen molar-refractivity contribution in [1.82, 2.24) is 0 Å². The van der Waals surface area contributed by atoms with Gasteiger partial charge in [-0.2, -0.15) is 79.0 Å². The highest BCUT2D eigenvalue weighted by Crippen LogP contribution is 2.58. The van der Waals surface area contributed by atoms with Crippen LogP contribution in [0.5, 0.6) is 0 Å². The third kappa shape index (κ3) is 8.14. The summed E-state index contributed by atoms with van der Waals surface area (Å²) in [5, 5.41) is 0. The van der Waals surface area contributed by atoms with Crippen LogP contribution in [0.2, 0.25) is 0 Å². The Morgan fingerprint density at radius 1 is 0.487 bits per heavy atom. The summed E-state index contributed by atoms with van der Waals surface area (Å²) >= 11 is 0. The van der Waals surface area contributed by atoms with E-state index in [9.17, 15) is 79.0 Å². The fourth-order valence-corrected chi connectivity index (χ4v) is 6.85. The molecule has 0 aromatic heterocycles. The molecule has 0 unspecified atom stereocenters. The molecule has 0 fully saturated rings. The van der Waals surface area contributed by atoms with Crippen molar-refractivity contribution in [2.24, 2.45) is 11.3 Å². The Labute approximate surface area is 212 Å². The minimum atomic E-state index is -7.25. The molecule has 0 saturated carbocycles. The first kappa shape index (κ1) is 38.2. The van der Waals surface area contributed by atoms with Crippen molar-refractivity contribution < 1.29 is 79.0 Å². The summed E-state index contributed by atoms with van der Waals surface area (Å²) in [5.41, 5.74) is -1.10.